The molecule has 0 aliphatic rings. The van der Waals surface area contributed by atoms with Crippen LogP contribution in [0, 0.1) is 11.3 Å². The zero-order chi connectivity index (χ0) is 15.5. The summed E-state index contributed by atoms with van der Waals surface area (Å²) in [7, 11) is 0. The highest BCUT2D eigenvalue weighted by Crippen LogP contribution is 2.24. The number of furan rings is 1. The van der Waals surface area contributed by atoms with E-state index in [1.54, 1.807) is 6.26 Å². The van der Waals surface area contributed by atoms with Gasteiger partial charge < -0.3 is 10.2 Å². The van der Waals surface area contributed by atoms with Gasteiger partial charge >= 0.3 is 0 Å². The molecule has 3 aromatic heterocycles. The van der Waals surface area contributed by atoms with Gasteiger partial charge in [-0.2, -0.15) is 5.26 Å². The summed E-state index contributed by atoms with van der Waals surface area (Å²) >= 11 is 7.48. The normalized spacial score (nSPS) is 10.7. The van der Waals surface area contributed by atoms with Gasteiger partial charge in [0, 0.05) is 22.9 Å². The molecule has 0 radical (unpaired) electrons. The molecule has 0 bridgehead atoms. The number of aryl methyl sites for hydroxylation is 1. The number of hydrogen-bond donors (Lipinski definition) is 1. The highest BCUT2D eigenvalue weighted by Gasteiger charge is 2.08. The van der Waals surface area contributed by atoms with Gasteiger partial charge in [0.05, 0.1) is 6.26 Å². The van der Waals surface area contributed by atoms with Gasteiger partial charge in [-0.25, -0.2) is 15.0 Å². The van der Waals surface area contributed by atoms with E-state index in [-0.39, 0.29) is 11.5 Å². The van der Waals surface area contributed by atoms with Gasteiger partial charge in [-0.15, -0.1) is 0 Å². The molecule has 0 aliphatic carbocycles. The fraction of sp³-hybridized carbons (Fsp3) is 0.143. The van der Waals surface area contributed by atoms with E-state index in [0.29, 0.717) is 28.1 Å². The van der Waals surface area contributed by atoms with Gasteiger partial charge in [0.2, 0.25) is 0 Å². The number of thioether (sulfide) groups is 1. The molecule has 110 valence electrons. The van der Waals surface area contributed by atoms with E-state index in [0.717, 1.165) is 11.1 Å². The molecule has 6 nitrogen and oxygen atoms in total. The van der Waals surface area contributed by atoms with E-state index in [1.165, 1.54) is 17.8 Å². The molecule has 0 saturated carbocycles. The Morgan fingerprint density at radius 1 is 1.32 bits per heavy atom. The van der Waals surface area contributed by atoms with E-state index in [1.807, 2.05) is 18.2 Å². The van der Waals surface area contributed by atoms with Crippen molar-refractivity contribution >= 4 is 40.1 Å². The molecule has 0 unspecified atom stereocenters. The molecular weight excluding hydrogens is 322 g/mol. The zero-order valence-electron chi connectivity index (χ0n) is 11.3. The molecule has 0 aromatic carbocycles. The number of nitriles is 1. The van der Waals surface area contributed by atoms with Crippen LogP contribution >= 0.6 is 23.4 Å². The molecule has 3 rings (SSSR count). The standard InChI is InChI=1S/C14H10ClN5OS/c15-13-12-8(1-3-21-12)5-9(18-13)2-4-22-14-19-10(7-16)6-11(17)20-14/h1,3,5-6H,2,4H2,(H2,17,19,20). The van der Waals surface area contributed by atoms with E-state index < -0.39 is 0 Å². The number of pyridine rings is 1. The molecule has 0 saturated heterocycles. The lowest BCUT2D eigenvalue weighted by Crippen LogP contribution is -1.99. The lowest BCUT2D eigenvalue weighted by molar-refractivity contribution is 0.614. The minimum Gasteiger partial charge on any atom is -0.461 e. The summed E-state index contributed by atoms with van der Waals surface area (Å²) in [6, 6.07) is 7.18. The molecule has 3 aromatic rings. The van der Waals surface area contributed by atoms with Crippen LogP contribution in [0.3, 0.4) is 0 Å². The van der Waals surface area contributed by atoms with Crippen molar-refractivity contribution in [3.8, 4) is 6.07 Å². The van der Waals surface area contributed by atoms with E-state index in [4.69, 9.17) is 27.0 Å². The summed E-state index contributed by atoms with van der Waals surface area (Å²) in [6.45, 7) is 0. The summed E-state index contributed by atoms with van der Waals surface area (Å²) < 4.78 is 5.25. The maximum atomic E-state index is 8.86. The number of halogens is 1. The second-order valence-corrected chi connectivity index (χ2v) is 5.83. The smallest absolute Gasteiger partial charge is 0.190 e. The largest absolute Gasteiger partial charge is 0.461 e. The van der Waals surface area contributed by atoms with Crippen LogP contribution in [0.4, 0.5) is 5.82 Å². The first-order valence-corrected chi connectivity index (χ1v) is 7.72. The van der Waals surface area contributed by atoms with Crippen LogP contribution in [0.15, 0.2) is 34.0 Å². The third kappa shape index (κ3) is 3.13. The van der Waals surface area contributed by atoms with Crippen LogP contribution in [0.1, 0.15) is 11.4 Å². The molecule has 0 spiro atoms. The Balaban J connectivity index is 1.69. The van der Waals surface area contributed by atoms with Crippen molar-refractivity contribution < 1.29 is 4.42 Å². The van der Waals surface area contributed by atoms with Gasteiger partial charge in [0.15, 0.2) is 15.9 Å². The maximum Gasteiger partial charge on any atom is 0.190 e. The van der Waals surface area contributed by atoms with Crippen molar-refractivity contribution in [2.75, 3.05) is 11.5 Å². The Labute approximate surface area is 135 Å². The lowest BCUT2D eigenvalue weighted by atomic mass is 10.2. The van der Waals surface area contributed by atoms with Crippen LogP contribution in [-0.2, 0) is 6.42 Å². The van der Waals surface area contributed by atoms with Gasteiger partial charge in [0.1, 0.15) is 17.6 Å². The van der Waals surface area contributed by atoms with Crippen molar-refractivity contribution in [1.29, 1.82) is 5.26 Å². The molecule has 8 heteroatoms. The highest BCUT2D eigenvalue weighted by molar-refractivity contribution is 7.99. The molecule has 0 amide bonds. The van der Waals surface area contributed by atoms with Crippen LogP contribution in [0.5, 0.6) is 0 Å². The van der Waals surface area contributed by atoms with Crippen LogP contribution in [0.2, 0.25) is 5.15 Å². The zero-order valence-corrected chi connectivity index (χ0v) is 12.9. The SMILES string of the molecule is N#Cc1cc(N)nc(SCCc2cc3ccoc3c(Cl)n2)n1. The second kappa shape index (κ2) is 6.22. The second-order valence-electron chi connectivity index (χ2n) is 4.41. The summed E-state index contributed by atoms with van der Waals surface area (Å²) in [5, 5.41) is 10.6. The van der Waals surface area contributed by atoms with Crippen LogP contribution in [0.25, 0.3) is 11.0 Å². The third-order valence-corrected chi connectivity index (χ3v) is 3.98. The molecular formula is C14H10ClN5OS. The van der Waals surface area contributed by atoms with E-state index >= 15 is 0 Å². The lowest BCUT2D eigenvalue weighted by Gasteiger charge is -2.03. The summed E-state index contributed by atoms with van der Waals surface area (Å²) in [5.74, 6) is 0.983. The maximum absolute atomic E-state index is 8.86. The third-order valence-electron chi connectivity index (χ3n) is 2.88. The fourth-order valence-electron chi connectivity index (χ4n) is 1.93. The minimum atomic E-state index is 0.260. The van der Waals surface area contributed by atoms with E-state index in [9.17, 15) is 0 Å². The molecule has 2 N–H and O–H groups in total. The van der Waals surface area contributed by atoms with Crippen molar-refractivity contribution in [3.05, 3.63) is 41.0 Å². The minimum absolute atomic E-state index is 0.260. The monoisotopic (exact) mass is 331 g/mol. The number of fused-ring (bicyclic) bond motifs is 1. The molecule has 0 fully saturated rings. The molecule has 0 atom stereocenters. The predicted molar refractivity (Wildman–Crippen MR) is 84.6 cm³/mol. The molecule has 3 heterocycles. The molecule has 0 aliphatic heterocycles. The number of nitrogens with two attached hydrogens (primary N) is 1. The van der Waals surface area contributed by atoms with E-state index in [2.05, 4.69) is 15.0 Å². The number of rotatable bonds is 4. The van der Waals surface area contributed by atoms with Gasteiger partial charge in [-0.05, 0) is 18.6 Å². The summed E-state index contributed by atoms with van der Waals surface area (Å²) in [4.78, 5) is 12.5. The highest BCUT2D eigenvalue weighted by atomic mass is 35.5. The van der Waals surface area contributed by atoms with Gasteiger partial charge in [-0.1, -0.05) is 23.4 Å². The Morgan fingerprint density at radius 3 is 3.00 bits per heavy atom. The van der Waals surface area contributed by atoms with Crippen molar-refractivity contribution in [3.63, 3.8) is 0 Å². The number of nitrogen functional groups attached to an aromatic ring is 1. The Morgan fingerprint density at radius 2 is 2.18 bits per heavy atom. The quantitative estimate of drug-likeness (QED) is 0.445. The van der Waals surface area contributed by atoms with Gasteiger partial charge in [-0.3, -0.25) is 0 Å². The Bertz CT molecular complexity index is 873. The Kier molecular flexibility index (Phi) is 4.13. The summed E-state index contributed by atoms with van der Waals surface area (Å²) in [6.07, 6.45) is 2.27. The van der Waals surface area contributed by atoms with Crippen LogP contribution in [-0.4, -0.2) is 20.7 Å². The topological polar surface area (TPSA) is 102 Å². The average molecular weight is 332 g/mol. The Hall–Kier alpha value is -2.30. The fourth-order valence-corrected chi connectivity index (χ4v) is 3.02. The van der Waals surface area contributed by atoms with Crippen molar-refractivity contribution in [1.82, 2.24) is 15.0 Å². The predicted octanol–water partition coefficient (Wildman–Crippen LogP) is 3.06. The first kappa shape index (κ1) is 14.6. The van der Waals surface area contributed by atoms with Crippen molar-refractivity contribution in [2.45, 2.75) is 11.6 Å². The number of aromatic nitrogens is 3. The number of hydrogen-bond acceptors (Lipinski definition) is 7. The first-order valence-electron chi connectivity index (χ1n) is 6.36. The van der Waals surface area contributed by atoms with Crippen molar-refractivity contribution in [2.24, 2.45) is 0 Å². The number of nitrogens with zero attached hydrogens (tertiary/aromatic N) is 4. The summed E-state index contributed by atoms with van der Waals surface area (Å²) in [5.41, 5.74) is 7.34. The number of anilines is 1. The van der Waals surface area contributed by atoms with Gasteiger partial charge in [0.25, 0.3) is 0 Å². The molecule has 22 heavy (non-hydrogen) atoms. The average Bonchev–Trinajstić information content (AvgIpc) is 2.95. The first-order chi connectivity index (χ1) is 10.7. The van der Waals surface area contributed by atoms with Crippen LogP contribution < -0.4 is 5.73 Å².